The Morgan fingerprint density at radius 2 is 2.57 bits per heavy atom. The second kappa shape index (κ2) is 4.94. The molecule has 14 heavy (non-hydrogen) atoms. The van der Waals surface area contributed by atoms with Crippen molar-refractivity contribution in [2.45, 2.75) is 25.4 Å². The maximum atomic E-state index is 10.8. The highest BCUT2D eigenvalue weighted by Gasteiger charge is 2.30. The highest BCUT2D eigenvalue weighted by atomic mass is 16.5. The van der Waals surface area contributed by atoms with Gasteiger partial charge in [-0.05, 0) is 6.92 Å². The molecule has 0 spiro atoms. The van der Waals surface area contributed by atoms with E-state index in [1.165, 1.54) is 0 Å². The van der Waals surface area contributed by atoms with Crippen LogP contribution in [0.3, 0.4) is 0 Å². The summed E-state index contributed by atoms with van der Waals surface area (Å²) in [6, 6.07) is 1.42. The molecular formula is C9H14N2O3. The van der Waals surface area contributed by atoms with Crippen LogP contribution in [0.4, 0.5) is 0 Å². The van der Waals surface area contributed by atoms with E-state index >= 15 is 0 Å². The van der Waals surface area contributed by atoms with E-state index in [4.69, 9.17) is 15.1 Å². The van der Waals surface area contributed by atoms with Crippen LogP contribution < -0.4 is 0 Å². The van der Waals surface area contributed by atoms with Gasteiger partial charge in [-0.25, -0.2) is 0 Å². The van der Waals surface area contributed by atoms with Crippen molar-refractivity contribution in [3.8, 4) is 6.07 Å². The summed E-state index contributed by atoms with van der Waals surface area (Å²) >= 11 is 0. The second-order valence-electron chi connectivity index (χ2n) is 3.34. The van der Waals surface area contributed by atoms with Gasteiger partial charge in [-0.2, -0.15) is 5.26 Å². The summed E-state index contributed by atoms with van der Waals surface area (Å²) < 4.78 is 5.21. The maximum Gasteiger partial charge on any atom is 0.320 e. The quantitative estimate of drug-likeness (QED) is 0.694. The molecule has 0 aromatic rings. The molecule has 2 unspecified atom stereocenters. The molecule has 0 bridgehead atoms. The molecule has 1 saturated heterocycles. The standard InChI is InChI=1S/C9H14N2O3/c1-7(9(12)13)11-4-5-14-6-8(11)2-3-10/h7-8H,2,4-6H2,1H3,(H,12,13). The number of aliphatic carboxylic acids is 1. The maximum absolute atomic E-state index is 10.8. The Labute approximate surface area is 82.9 Å². The fourth-order valence-corrected chi connectivity index (χ4v) is 1.60. The molecule has 0 aliphatic carbocycles. The second-order valence-corrected chi connectivity index (χ2v) is 3.34. The average Bonchev–Trinajstić information content (AvgIpc) is 2.18. The van der Waals surface area contributed by atoms with Crippen LogP contribution in [-0.4, -0.2) is 47.8 Å². The average molecular weight is 198 g/mol. The number of nitrogens with zero attached hydrogens (tertiary/aromatic N) is 2. The van der Waals surface area contributed by atoms with Gasteiger partial charge in [-0.1, -0.05) is 0 Å². The number of rotatable bonds is 3. The number of carboxylic acids is 1. The van der Waals surface area contributed by atoms with Crippen LogP contribution in [0.5, 0.6) is 0 Å². The summed E-state index contributed by atoms with van der Waals surface area (Å²) in [5, 5.41) is 17.4. The molecule has 5 nitrogen and oxygen atoms in total. The summed E-state index contributed by atoms with van der Waals surface area (Å²) in [4.78, 5) is 12.6. The van der Waals surface area contributed by atoms with Crippen LogP contribution in [0.15, 0.2) is 0 Å². The topological polar surface area (TPSA) is 73.6 Å². The predicted molar refractivity (Wildman–Crippen MR) is 48.6 cm³/mol. The zero-order valence-corrected chi connectivity index (χ0v) is 8.14. The molecule has 1 aliphatic heterocycles. The molecule has 0 radical (unpaired) electrons. The van der Waals surface area contributed by atoms with E-state index in [-0.39, 0.29) is 6.04 Å². The minimum Gasteiger partial charge on any atom is -0.480 e. The highest BCUT2D eigenvalue weighted by molar-refractivity contribution is 5.72. The van der Waals surface area contributed by atoms with Gasteiger partial charge in [0.15, 0.2) is 0 Å². The number of morpholine rings is 1. The van der Waals surface area contributed by atoms with Crippen LogP contribution in [0.2, 0.25) is 0 Å². The van der Waals surface area contributed by atoms with Crippen molar-refractivity contribution in [2.24, 2.45) is 0 Å². The number of carbonyl (C=O) groups is 1. The molecule has 2 atom stereocenters. The minimum atomic E-state index is -0.852. The van der Waals surface area contributed by atoms with Gasteiger partial charge in [0.1, 0.15) is 6.04 Å². The normalized spacial score (nSPS) is 25.3. The van der Waals surface area contributed by atoms with Crippen molar-refractivity contribution in [3.05, 3.63) is 0 Å². The van der Waals surface area contributed by atoms with Gasteiger partial charge in [0, 0.05) is 12.6 Å². The number of carboxylic acid groups (broad SMARTS) is 1. The molecule has 78 valence electrons. The third-order valence-corrected chi connectivity index (χ3v) is 2.45. The zero-order chi connectivity index (χ0) is 10.6. The molecule has 0 aromatic heterocycles. The number of hydrogen-bond donors (Lipinski definition) is 1. The predicted octanol–water partition coefficient (Wildman–Crippen LogP) is 0.0740. The van der Waals surface area contributed by atoms with E-state index in [2.05, 4.69) is 0 Å². The van der Waals surface area contributed by atoms with E-state index in [0.717, 1.165) is 0 Å². The minimum absolute atomic E-state index is 0.0835. The van der Waals surface area contributed by atoms with Gasteiger partial charge < -0.3 is 9.84 Å². The van der Waals surface area contributed by atoms with Gasteiger partial charge in [0.2, 0.25) is 0 Å². The summed E-state index contributed by atoms with van der Waals surface area (Å²) in [6.07, 6.45) is 0.317. The third kappa shape index (κ3) is 2.44. The first-order valence-corrected chi connectivity index (χ1v) is 4.60. The van der Waals surface area contributed by atoms with Crippen LogP contribution in [0.25, 0.3) is 0 Å². The molecule has 0 amide bonds. The first kappa shape index (κ1) is 11.0. The number of nitriles is 1. The van der Waals surface area contributed by atoms with Crippen LogP contribution in [0, 0.1) is 11.3 Å². The lowest BCUT2D eigenvalue weighted by Gasteiger charge is -2.36. The molecule has 1 heterocycles. The summed E-state index contributed by atoms with van der Waals surface area (Å²) in [5.74, 6) is -0.852. The Hall–Kier alpha value is -1.12. The number of hydrogen-bond acceptors (Lipinski definition) is 4. The van der Waals surface area contributed by atoms with Gasteiger partial charge in [0.05, 0.1) is 25.7 Å². The summed E-state index contributed by atoms with van der Waals surface area (Å²) in [7, 11) is 0. The molecule has 1 fully saturated rings. The van der Waals surface area contributed by atoms with Crippen molar-refractivity contribution >= 4 is 5.97 Å². The molecular weight excluding hydrogens is 184 g/mol. The molecule has 1 aliphatic rings. The van der Waals surface area contributed by atoms with E-state index in [1.54, 1.807) is 6.92 Å². The lowest BCUT2D eigenvalue weighted by Crippen LogP contribution is -2.52. The van der Waals surface area contributed by atoms with E-state index < -0.39 is 12.0 Å². The SMILES string of the molecule is CC(C(=O)O)N1CCOCC1CC#N. The summed E-state index contributed by atoms with van der Waals surface area (Å²) in [6.45, 7) is 3.21. The monoisotopic (exact) mass is 198 g/mol. The molecule has 1 N–H and O–H groups in total. The Balaban J connectivity index is 2.62. The highest BCUT2D eigenvalue weighted by Crippen LogP contribution is 2.13. The Kier molecular flexibility index (Phi) is 3.86. The van der Waals surface area contributed by atoms with E-state index in [9.17, 15) is 4.79 Å². The Morgan fingerprint density at radius 3 is 3.14 bits per heavy atom. The fraction of sp³-hybridized carbons (Fsp3) is 0.778. The lowest BCUT2D eigenvalue weighted by molar-refractivity contribution is -0.146. The van der Waals surface area contributed by atoms with Crippen molar-refractivity contribution in [1.82, 2.24) is 4.90 Å². The van der Waals surface area contributed by atoms with Crippen molar-refractivity contribution < 1.29 is 14.6 Å². The van der Waals surface area contributed by atoms with Crippen LogP contribution in [-0.2, 0) is 9.53 Å². The van der Waals surface area contributed by atoms with E-state index in [0.29, 0.717) is 26.2 Å². The third-order valence-electron chi connectivity index (χ3n) is 2.45. The zero-order valence-electron chi connectivity index (χ0n) is 8.14. The first-order chi connectivity index (χ1) is 6.66. The molecule has 0 aromatic carbocycles. The largest absolute Gasteiger partial charge is 0.480 e. The van der Waals surface area contributed by atoms with Gasteiger partial charge in [-0.3, -0.25) is 9.69 Å². The molecule has 1 rings (SSSR count). The van der Waals surface area contributed by atoms with Crippen molar-refractivity contribution in [2.75, 3.05) is 19.8 Å². The van der Waals surface area contributed by atoms with Crippen LogP contribution in [0.1, 0.15) is 13.3 Å². The molecule has 0 saturated carbocycles. The smallest absolute Gasteiger partial charge is 0.320 e. The number of ether oxygens (including phenoxy) is 1. The van der Waals surface area contributed by atoms with Crippen molar-refractivity contribution in [3.63, 3.8) is 0 Å². The van der Waals surface area contributed by atoms with E-state index in [1.807, 2.05) is 11.0 Å². The van der Waals surface area contributed by atoms with Gasteiger partial charge >= 0.3 is 5.97 Å². The fourth-order valence-electron chi connectivity index (χ4n) is 1.60. The Morgan fingerprint density at radius 1 is 1.86 bits per heavy atom. The van der Waals surface area contributed by atoms with Crippen LogP contribution >= 0.6 is 0 Å². The van der Waals surface area contributed by atoms with Crippen molar-refractivity contribution in [1.29, 1.82) is 5.26 Å². The Bertz CT molecular complexity index is 249. The molecule has 5 heteroatoms. The first-order valence-electron chi connectivity index (χ1n) is 4.60. The summed E-state index contributed by atoms with van der Waals surface area (Å²) in [5.41, 5.74) is 0. The van der Waals surface area contributed by atoms with Gasteiger partial charge in [0.25, 0.3) is 0 Å². The van der Waals surface area contributed by atoms with Gasteiger partial charge in [-0.15, -0.1) is 0 Å². The lowest BCUT2D eigenvalue weighted by atomic mass is 10.1.